The third-order valence-corrected chi connectivity index (χ3v) is 5.42. The van der Waals surface area contributed by atoms with E-state index in [0.717, 1.165) is 13.0 Å². The Kier molecular flexibility index (Phi) is 5.32. The summed E-state index contributed by atoms with van der Waals surface area (Å²) < 4.78 is 27.0. The van der Waals surface area contributed by atoms with E-state index in [9.17, 15) is 23.3 Å². The molecule has 0 saturated carbocycles. The molecule has 0 aliphatic carbocycles. The average Bonchev–Trinajstić information content (AvgIpc) is 2.88. The van der Waals surface area contributed by atoms with Gasteiger partial charge in [-0.25, -0.2) is 13.1 Å². The summed E-state index contributed by atoms with van der Waals surface area (Å²) in [6.45, 7) is 2.81. The Labute approximate surface area is 134 Å². The first-order chi connectivity index (χ1) is 10.8. The number of hydrogen-bond acceptors (Lipinski definition) is 5. The Morgan fingerprint density at radius 3 is 2.74 bits per heavy atom. The largest absolute Gasteiger partial charge is 0.343 e. The number of hydrogen-bond donors (Lipinski definition) is 1. The first kappa shape index (κ1) is 17.4. The van der Waals surface area contributed by atoms with Crippen LogP contribution in [0.25, 0.3) is 0 Å². The molecule has 23 heavy (non-hydrogen) atoms. The number of benzene rings is 1. The lowest BCUT2D eigenvalue weighted by Gasteiger charge is -2.15. The Hall–Kier alpha value is -2.00. The molecule has 1 fully saturated rings. The van der Waals surface area contributed by atoms with Gasteiger partial charge in [0, 0.05) is 37.7 Å². The van der Waals surface area contributed by atoms with Gasteiger partial charge in [0.1, 0.15) is 0 Å². The van der Waals surface area contributed by atoms with Gasteiger partial charge in [0.2, 0.25) is 15.9 Å². The fourth-order valence-electron chi connectivity index (χ4n) is 2.59. The molecule has 0 aromatic heterocycles. The molecule has 8 nitrogen and oxygen atoms in total. The van der Waals surface area contributed by atoms with E-state index < -0.39 is 14.9 Å². The maximum Gasteiger partial charge on any atom is 0.273 e. The van der Waals surface area contributed by atoms with Crippen molar-refractivity contribution in [2.45, 2.75) is 31.1 Å². The van der Waals surface area contributed by atoms with Gasteiger partial charge in [0.15, 0.2) is 0 Å². The minimum absolute atomic E-state index is 0.0936. The molecule has 1 amide bonds. The predicted octanol–water partition coefficient (Wildman–Crippen LogP) is 1.19. The highest BCUT2D eigenvalue weighted by Gasteiger charge is 2.23. The predicted molar refractivity (Wildman–Crippen MR) is 83.5 cm³/mol. The summed E-state index contributed by atoms with van der Waals surface area (Å²) in [5.74, 6) is 0.0994. The molecule has 0 atom stereocenters. The number of nitro groups is 1. The number of nitrogens with one attached hydrogen (secondary N) is 1. The summed E-state index contributed by atoms with van der Waals surface area (Å²) in [6.07, 6.45) is 1.90. The van der Waals surface area contributed by atoms with Crippen LogP contribution in [0.15, 0.2) is 23.1 Å². The summed E-state index contributed by atoms with van der Waals surface area (Å²) >= 11 is 0. The Morgan fingerprint density at radius 2 is 2.13 bits per heavy atom. The first-order valence-corrected chi connectivity index (χ1v) is 8.82. The number of carbonyl (C=O) groups excluding carboxylic acids is 1. The molecular formula is C14H19N3O5S. The fourth-order valence-corrected chi connectivity index (χ4v) is 3.92. The van der Waals surface area contributed by atoms with Gasteiger partial charge in [0.25, 0.3) is 5.69 Å². The minimum Gasteiger partial charge on any atom is -0.343 e. The molecule has 0 unspecified atom stereocenters. The van der Waals surface area contributed by atoms with Crippen molar-refractivity contribution in [2.75, 3.05) is 19.6 Å². The van der Waals surface area contributed by atoms with Gasteiger partial charge < -0.3 is 4.90 Å². The smallest absolute Gasteiger partial charge is 0.273 e. The zero-order valence-corrected chi connectivity index (χ0v) is 13.6. The van der Waals surface area contributed by atoms with Crippen LogP contribution in [0, 0.1) is 17.0 Å². The second-order valence-corrected chi connectivity index (χ2v) is 7.13. The zero-order valence-electron chi connectivity index (χ0n) is 12.8. The molecule has 2 rings (SSSR count). The van der Waals surface area contributed by atoms with E-state index in [1.54, 1.807) is 4.90 Å². The van der Waals surface area contributed by atoms with Gasteiger partial charge in [-0.3, -0.25) is 14.9 Å². The SMILES string of the molecule is Cc1c([N+](=O)[O-])cccc1S(=O)(=O)NCCCN1CCCC1=O. The van der Waals surface area contributed by atoms with E-state index in [0.29, 0.717) is 19.4 Å². The van der Waals surface area contributed by atoms with Gasteiger partial charge in [-0.15, -0.1) is 0 Å². The summed E-state index contributed by atoms with van der Waals surface area (Å²) in [7, 11) is -3.81. The molecule has 0 bridgehead atoms. The van der Waals surface area contributed by atoms with Crippen LogP contribution in [0.4, 0.5) is 5.69 Å². The van der Waals surface area contributed by atoms with E-state index in [4.69, 9.17) is 0 Å². The molecule has 1 aliphatic rings. The number of nitrogens with zero attached hydrogens (tertiary/aromatic N) is 2. The number of sulfonamides is 1. The van der Waals surface area contributed by atoms with Crippen LogP contribution in [0.1, 0.15) is 24.8 Å². The third kappa shape index (κ3) is 4.05. The van der Waals surface area contributed by atoms with Crippen LogP contribution in [-0.4, -0.2) is 43.8 Å². The number of likely N-dealkylation sites (tertiary alicyclic amines) is 1. The van der Waals surface area contributed by atoms with E-state index in [1.807, 2.05) is 0 Å². The molecule has 1 N–H and O–H groups in total. The zero-order chi connectivity index (χ0) is 17.0. The molecule has 1 saturated heterocycles. The lowest BCUT2D eigenvalue weighted by atomic mass is 10.2. The van der Waals surface area contributed by atoms with Crippen molar-refractivity contribution in [3.63, 3.8) is 0 Å². The molecule has 1 aromatic carbocycles. The maximum absolute atomic E-state index is 12.3. The van der Waals surface area contributed by atoms with Gasteiger partial charge >= 0.3 is 0 Å². The standard InChI is InChI=1S/C14H19N3O5S/c1-11-12(17(19)20)5-2-6-13(11)23(21,22)15-8-4-10-16-9-3-7-14(16)18/h2,5-6,15H,3-4,7-10H2,1H3. The quantitative estimate of drug-likeness (QED) is 0.455. The second-order valence-electron chi connectivity index (χ2n) is 5.39. The van der Waals surface area contributed by atoms with E-state index >= 15 is 0 Å². The molecular weight excluding hydrogens is 322 g/mol. The third-order valence-electron chi connectivity index (χ3n) is 3.81. The maximum atomic E-state index is 12.3. The summed E-state index contributed by atoms with van der Waals surface area (Å²) in [6, 6.07) is 3.96. The minimum atomic E-state index is -3.81. The van der Waals surface area contributed by atoms with E-state index in [-0.39, 0.29) is 28.6 Å². The van der Waals surface area contributed by atoms with Crippen molar-refractivity contribution in [3.8, 4) is 0 Å². The highest BCUT2D eigenvalue weighted by atomic mass is 32.2. The Bertz CT molecular complexity index is 717. The molecule has 1 heterocycles. The van der Waals surface area contributed by atoms with Crippen LogP contribution in [0.3, 0.4) is 0 Å². The molecule has 9 heteroatoms. The van der Waals surface area contributed by atoms with Crippen molar-refractivity contribution < 1.29 is 18.1 Å². The molecule has 0 spiro atoms. The highest BCUT2D eigenvalue weighted by Crippen LogP contribution is 2.24. The van der Waals surface area contributed by atoms with Gasteiger partial charge in [0.05, 0.1) is 9.82 Å². The normalized spacial score (nSPS) is 15.2. The number of rotatable bonds is 7. The average molecular weight is 341 g/mol. The molecule has 126 valence electrons. The van der Waals surface area contributed by atoms with Crippen molar-refractivity contribution in [2.24, 2.45) is 0 Å². The first-order valence-electron chi connectivity index (χ1n) is 7.34. The highest BCUT2D eigenvalue weighted by molar-refractivity contribution is 7.89. The summed E-state index contributed by atoms with van der Waals surface area (Å²) in [5.41, 5.74) is -0.116. The molecule has 1 aromatic rings. The summed E-state index contributed by atoms with van der Waals surface area (Å²) in [4.78, 5) is 23.4. The van der Waals surface area contributed by atoms with Crippen molar-refractivity contribution in [3.05, 3.63) is 33.9 Å². The monoisotopic (exact) mass is 341 g/mol. The lowest BCUT2D eigenvalue weighted by Crippen LogP contribution is -2.31. The molecule has 0 radical (unpaired) electrons. The topological polar surface area (TPSA) is 110 Å². The van der Waals surface area contributed by atoms with Crippen molar-refractivity contribution in [1.29, 1.82) is 0 Å². The second kappa shape index (κ2) is 7.05. The van der Waals surface area contributed by atoms with Gasteiger partial charge in [-0.2, -0.15) is 0 Å². The number of carbonyl (C=O) groups is 1. The summed E-state index contributed by atoms with van der Waals surface area (Å²) in [5, 5.41) is 10.9. The fraction of sp³-hybridized carbons (Fsp3) is 0.500. The van der Waals surface area contributed by atoms with Gasteiger partial charge in [-0.1, -0.05) is 6.07 Å². The van der Waals surface area contributed by atoms with Crippen LogP contribution >= 0.6 is 0 Å². The van der Waals surface area contributed by atoms with Crippen LogP contribution in [0.5, 0.6) is 0 Å². The molecule has 1 aliphatic heterocycles. The van der Waals surface area contributed by atoms with Crippen molar-refractivity contribution in [1.82, 2.24) is 9.62 Å². The van der Waals surface area contributed by atoms with Crippen LogP contribution in [-0.2, 0) is 14.8 Å². The van der Waals surface area contributed by atoms with Crippen molar-refractivity contribution >= 4 is 21.6 Å². The van der Waals surface area contributed by atoms with Crippen LogP contribution < -0.4 is 4.72 Å². The van der Waals surface area contributed by atoms with E-state index in [1.165, 1.54) is 25.1 Å². The van der Waals surface area contributed by atoms with Gasteiger partial charge in [-0.05, 0) is 25.8 Å². The van der Waals surface area contributed by atoms with Crippen LogP contribution in [0.2, 0.25) is 0 Å². The number of amides is 1. The Balaban J connectivity index is 1.98. The lowest BCUT2D eigenvalue weighted by molar-refractivity contribution is -0.385. The Morgan fingerprint density at radius 1 is 1.39 bits per heavy atom. The number of nitro benzene ring substituents is 1. The van der Waals surface area contributed by atoms with E-state index in [2.05, 4.69) is 4.72 Å².